The Balaban J connectivity index is 2.77. The Labute approximate surface area is 128 Å². The summed E-state index contributed by atoms with van der Waals surface area (Å²) in [5.74, 6) is -0.379. The van der Waals surface area contributed by atoms with E-state index in [1.807, 2.05) is 6.26 Å². The molecular weight excluding hydrogens is 298 g/mol. The van der Waals surface area contributed by atoms with Crippen molar-refractivity contribution in [1.29, 1.82) is 0 Å². The number of thioether (sulfide) groups is 1. The Kier molecular flexibility index (Phi) is 7.64. The van der Waals surface area contributed by atoms with Crippen molar-refractivity contribution in [3.63, 3.8) is 0 Å². The Bertz CT molecular complexity index is 356. The van der Waals surface area contributed by atoms with Crippen LogP contribution in [0.2, 0.25) is 0 Å². The molecule has 1 amide bonds. The monoisotopic (exact) mass is 321 g/mol. The fourth-order valence-electron chi connectivity index (χ4n) is 2.03. The van der Waals surface area contributed by atoms with Gasteiger partial charge in [-0.25, -0.2) is 0 Å². The van der Waals surface area contributed by atoms with Gasteiger partial charge in [-0.2, -0.15) is 11.8 Å². The fraction of sp³-hybridized carbons (Fsp3) is 0.769. The zero-order valence-electron chi connectivity index (χ0n) is 12.1. The summed E-state index contributed by atoms with van der Waals surface area (Å²) in [4.78, 5) is 11.2. The van der Waals surface area contributed by atoms with Crippen LogP contribution >= 0.6 is 11.8 Å². The molecule has 0 aromatic heterocycles. The maximum Gasteiger partial charge on any atom is 0.217 e. The first-order valence-electron chi connectivity index (χ1n) is 6.61. The lowest BCUT2D eigenvalue weighted by Gasteiger charge is -2.42. The molecule has 0 aromatic carbocycles. The molecule has 1 aliphatic heterocycles. The van der Waals surface area contributed by atoms with Crippen LogP contribution in [-0.4, -0.2) is 76.6 Å². The predicted molar refractivity (Wildman–Crippen MR) is 78.8 cm³/mol. The summed E-state index contributed by atoms with van der Waals surface area (Å²) in [5.41, 5.74) is 0. The number of carbonyl (C=O) groups excluding carboxylic acids is 1. The Hall–Kier alpha value is -0.640. The molecule has 4 N–H and O–H groups in total. The molecule has 0 bridgehead atoms. The van der Waals surface area contributed by atoms with E-state index < -0.39 is 37.3 Å². The third-order valence-electron chi connectivity index (χ3n) is 3.24. The number of nitrogens with one attached hydrogen (secondary N) is 1. The van der Waals surface area contributed by atoms with Crippen LogP contribution < -0.4 is 5.32 Å². The summed E-state index contributed by atoms with van der Waals surface area (Å²) in [7, 11) is 0. The zero-order chi connectivity index (χ0) is 16.0. The second kappa shape index (κ2) is 8.72. The van der Waals surface area contributed by atoms with E-state index in [1.165, 1.54) is 18.7 Å². The van der Waals surface area contributed by atoms with Gasteiger partial charge in [0.1, 0.15) is 24.4 Å². The van der Waals surface area contributed by atoms with Gasteiger partial charge in [0, 0.05) is 12.2 Å². The average Bonchev–Trinajstić information content (AvgIpc) is 2.46. The van der Waals surface area contributed by atoms with Gasteiger partial charge in [0.15, 0.2) is 6.29 Å². The van der Waals surface area contributed by atoms with Crippen molar-refractivity contribution >= 4 is 17.7 Å². The molecule has 0 radical (unpaired) electrons. The van der Waals surface area contributed by atoms with Crippen LogP contribution in [0.1, 0.15) is 6.92 Å². The fourth-order valence-corrected chi connectivity index (χ4v) is 2.44. The first-order valence-corrected chi connectivity index (χ1v) is 7.89. The summed E-state index contributed by atoms with van der Waals surface area (Å²) in [6.45, 7) is 4.78. The molecule has 0 aliphatic carbocycles. The summed E-state index contributed by atoms with van der Waals surface area (Å²) in [6.07, 6.45) is -0.901. The van der Waals surface area contributed by atoms with Crippen LogP contribution in [0.25, 0.3) is 0 Å². The molecule has 0 aromatic rings. The van der Waals surface area contributed by atoms with Crippen LogP contribution in [-0.2, 0) is 14.3 Å². The number of hydrogen-bond donors (Lipinski definition) is 4. The highest BCUT2D eigenvalue weighted by Gasteiger charge is 2.45. The third kappa shape index (κ3) is 4.94. The van der Waals surface area contributed by atoms with Gasteiger partial charge in [0.25, 0.3) is 0 Å². The first kappa shape index (κ1) is 18.4. The van der Waals surface area contributed by atoms with Gasteiger partial charge in [-0.15, -0.1) is 6.58 Å². The lowest BCUT2D eigenvalue weighted by molar-refractivity contribution is -0.269. The number of hydrogen-bond acceptors (Lipinski definition) is 7. The number of aliphatic hydroxyl groups excluding tert-OH is 3. The van der Waals surface area contributed by atoms with Crippen LogP contribution in [0.5, 0.6) is 0 Å². The second-order valence-corrected chi connectivity index (χ2v) is 5.85. The third-order valence-corrected chi connectivity index (χ3v) is 4.18. The van der Waals surface area contributed by atoms with Crippen molar-refractivity contribution in [1.82, 2.24) is 5.32 Å². The van der Waals surface area contributed by atoms with Crippen molar-refractivity contribution in [3.05, 3.63) is 12.7 Å². The van der Waals surface area contributed by atoms with E-state index in [4.69, 9.17) is 9.47 Å². The summed E-state index contributed by atoms with van der Waals surface area (Å²) in [6, 6.07) is -0.910. The zero-order valence-corrected chi connectivity index (χ0v) is 13.0. The normalized spacial score (nSPS) is 34.2. The minimum atomic E-state index is -1.30. The molecule has 3 unspecified atom stereocenters. The Morgan fingerprint density at radius 2 is 2.19 bits per heavy atom. The molecule has 122 valence electrons. The Morgan fingerprint density at radius 1 is 1.52 bits per heavy atom. The van der Waals surface area contributed by atoms with E-state index in [0.29, 0.717) is 0 Å². The number of aliphatic hydroxyl groups is 3. The molecule has 8 heteroatoms. The van der Waals surface area contributed by atoms with Crippen molar-refractivity contribution in [2.75, 3.05) is 19.5 Å². The number of amides is 1. The lowest BCUT2D eigenvalue weighted by Crippen LogP contribution is -2.64. The first-order chi connectivity index (χ1) is 9.94. The molecular formula is C13H23NO6S. The smallest absolute Gasteiger partial charge is 0.217 e. The van der Waals surface area contributed by atoms with E-state index in [-0.39, 0.29) is 17.8 Å². The molecule has 1 fully saturated rings. The van der Waals surface area contributed by atoms with Crippen molar-refractivity contribution in [2.45, 2.75) is 42.8 Å². The highest BCUT2D eigenvalue weighted by Crippen LogP contribution is 2.23. The van der Waals surface area contributed by atoms with Gasteiger partial charge in [-0.1, -0.05) is 6.08 Å². The largest absolute Gasteiger partial charge is 0.394 e. The Morgan fingerprint density at radius 3 is 2.67 bits per heavy atom. The van der Waals surface area contributed by atoms with Crippen LogP contribution in [0.4, 0.5) is 0 Å². The van der Waals surface area contributed by atoms with E-state index >= 15 is 0 Å². The average molecular weight is 321 g/mol. The maximum absolute atomic E-state index is 11.2. The van der Waals surface area contributed by atoms with E-state index in [2.05, 4.69) is 11.9 Å². The molecule has 1 aliphatic rings. The van der Waals surface area contributed by atoms with Gasteiger partial charge in [0.05, 0.1) is 13.2 Å². The SMILES string of the molecule is C=CC(CO[C@@H]1OC(CO)[C@@H](O)[C@H](O)C1NC(C)=O)SC. The van der Waals surface area contributed by atoms with E-state index in [0.717, 1.165) is 0 Å². The lowest BCUT2D eigenvalue weighted by atomic mass is 9.97. The number of ether oxygens (including phenoxy) is 2. The molecule has 0 saturated carbocycles. The minimum Gasteiger partial charge on any atom is -0.394 e. The van der Waals surface area contributed by atoms with Crippen LogP contribution in [0.3, 0.4) is 0 Å². The molecule has 1 saturated heterocycles. The molecule has 21 heavy (non-hydrogen) atoms. The predicted octanol–water partition coefficient (Wildman–Crippen LogP) is -1.14. The standard InChI is InChI=1S/C13H23NO6S/c1-4-8(21-3)6-19-13-10(14-7(2)16)12(18)11(17)9(5-15)20-13/h4,8-13,15,17-18H,1,5-6H2,2-3H3,(H,14,16)/t8?,9?,10?,11-,12-,13-/m1/s1. The molecule has 7 nitrogen and oxygen atoms in total. The summed E-state index contributed by atoms with van der Waals surface area (Å²) < 4.78 is 11.0. The molecule has 0 spiro atoms. The van der Waals surface area contributed by atoms with E-state index in [9.17, 15) is 20.1 Å². The number of rotatable bonds is 7. The van der Waals surface area contributed by atoms with Gasteiger partial charge in [0.2, 0.25) is 5.91 Å². The van der Waals surface area contributed by atoms with Crippen LogP contribution in [0.15, 0.2) is 12.7 Å². The van der Waals surface area contributed by atoms with Crippen LogP contribution in [0, 0.1) is 0 Å². The highest BCUT2D eigenvalue weighted by molar-refractivity contribution is 7.99. The number of carbonyl (C=O) groups is 1. The van der Waals surface area contributed by atoms with Gasteiger partial charge >= 0.3 is 0 Å². The van der Waals surface area contributed by atoms with Gasteiger partial charge in [-0.3, -0.25) is 4.79 Å². The van der Waals surface area contributed by atoms with E-state index in [1.54, 1.807) is 6.08 Å². The minimum absolute atomic E-state index is 0.0307. The van der Waals surface area contributed by atoms with Crippen molar-refractivity contribution in [2.24, 2.45) is 0 Å². The molecule has 1 heterocycles. The van der Waals surface area contributed by atoms with Crippen molar-refractivity contribution in [3.8, 4) is 0 Å². The molecule has 1 rings (SSSR count). The van der Waals surface area contributed by atoms with Crippen molar-refractivity contribution < 1.29 is 29.6 Å². The van der Waals surface area contributed by atoms with Gasteiger partial charge in [-0.05, 0) is 6.26 Å². The maximum atomic E-state index is 11.2. The quantitative estimate of drug-likeness (QED) is 0.439. The highest BCUT2D eigenvalue weighted by atomic mass is 32.2. The van der Waals surface area contributed by atoms with Gasteiger partial charge < -0.3 is 30.1 Å². The molecule has 6 atom stereocenters. The topological polar surface area (TPSA) is 108 Å². The summed E-state index contributed by atoms with van der Waals surface area (Å²) in [5, 5.41) is 31.6. The summed E-state index contributed by atoms with van der Waals surface area (Å²) >= 11 is 1.53. The second-order valence-electron chi connectivity index (χ2n) is 4.78.